The summed E-state index contributed by atoms with van der Waals surface area (Å²) in [5, 5.41) is 1.33. The van der Waals surface area contributed by atoms with Gasteiger partial charge in [0, 0.05) is 12.0 Å². The van der Waals surface area contributed by atoms with Crippen LogP contribution in [-0.4, -0.2) is 29.0 Å². The van der Waals surface area contributed by atoms with Crippen molar-refractivity contribution < 1.29 is 0 Å². The molecule has 1 aromatic heterocycles. The summed E-state index contributed by atoms with van der Waals surface area (Å²) in [7, 11) is 0. The molecule has 90 valence electrons. The lowest BCUT2D eigenvalue weighted by Crippen LogP contribution is -2.37. The smallest absolute Gasteiger partial charge is 0.0971 e. The second kappa shape index (κ2) is 5.15. The van der Waals surface area contributed by atoms with E-state index in [4.69, 9.17) is 0 Å². The van der Waals surface area contributed by atoms with E-state index in [9.17, 15) is 0 Å². The van der Waals surface area contributed by atoms with Crippen molar-refractivity contribution in [2.75, 3.05) is 13.1 Å². The first-order valence-corrected chi connectivity index (χ1v) is 7.55. The molecule has 0 spiro atoms. The number of aromatic nitrogens is 1. The van der Waals surface area contributed by atoms with Crippen LogP contribution in [0, 0.1) is 6.92 Å². The van der Waals surface area contributed by atoms with Crippen LogP contribution < -0.4 is 0 Å². The largest absolute Gasteiger partial charge is 0.301 e. The first-order valence-electron chi connectivity index (χ1n) is 5.94. The number of rotatable bonds is 2. The van der Waals surface area contributed by atoms with Gasteiger partial charge in [-0.1, -0.05) is 0 Å². The number of nitrogens with zero attached hydrogens (tertiary/aromatic N) is 2. The van der Waals surface area contributed by atoms with Crippen molar-refractivity contribution in [3.63, 3.8) is 0 Å². The van der Waals surface area contributed by atoms with Crippen molar-refractivity contribution in [3.8, 4) is 0 Å². The highest BCUT2D eigenvalue weighted by atomic mass is 79.9. The molecule has 1 aliphatic rings. The van der Waals surface area contributed by atoms with E-state index in [2.05, 4.69) is 46.6 Å². The fraction of sp³-hybridized carbons (Fsp3) is 0.750. The fourth-order valence-corrected chi connectivity index (χ4v) is 3.78. The highest BCUT2D eigenvalue weighted by molar-refractivity contribution is 9.11. The molecule has 4 heteroatoms. The molecule has 0 radical (unpaired) electrons. The number of likely N-dealkylation sites (tertiary alicyclic amines) is 1. The number of hydrogen-bond acceptors (Lipinski definition) is 3. The molecule has 2 rings (SSSR count). The summed E-state index contributed by atoms with van der Waals surface area (Å²) in [6.07, 6.45) is 2.52. The summed E-state index contributed by atoms with van der Waals surface area (Å²) in [4.78, 5) is 7.22. The molecule has 0 unspecified atom stereocenters. The Bertz CT molecular complexity index is 334. The van der Waals surface area contributed by atoms with Crippen LogP contribution in [0.15, 0.2) is 3.79 Å². The molecule has 2 nitrogen and oxygen atoms in total. The number of piperidine rings is 1. The molecule has 0 N–H and O–H groups in total. The third-order valence-electron chi connectivity index (χ3n) is 3.37. The Hall–Kier alpha value is 0.0700. The van der Waals surface area contributed by atoms with Gasteiger partial charge in [0.25, 0.3) is 0 Å². The molecule has 0 saturated carbocycles. The Balaban J connectivity index is 1.99. The van der Waals surface area contributed by atoms with Crippen molar-refractivity contribution in [1.82, 2.24) is 9.88 Å². The minimum atomic E-state index is 0.685. The van der Waals surface area contributed by atoms with E-state index in [-0.39, 0.29) is 0 Å². The van der Waals surface area contributed by atoms with Crippen LogP contribution >= 0.6 is 27.3 Å². The van der Waals surface area contributed by atoms with Gasteiger partial charge in [0.05, 0.1) is 14.5 Å². The molecule has 1 aromatic rings. The maximum absolute atomic E-state index is 4.66. The topological polar surface area (TPSA) is 16.1 Å². The summed E-state index contributed by atoms with van der Waals surface area (Å²) in [6.45, 7) is 9.08. The maximum atomic E-state index is 4.66. The zero-order chi connectivity index (χ0) is 11.7. The number of aryl methyl sites for hydroxylation is 1. The van der Waals surface area contributed by atoms with E-state index in [1.165, 1.54) is 34.7 Å². The number of thiazole rings is 1. The van der Waals surface area contributed by atoms with Crippen molar-refractivity contribution in [1.29, 1.82) is 0 Å². The van der Waals surface area contributed by atoms with Gasteiger partial charge in [-0.3, -0.25) is 0 Å². The van der Waals surface area contributed by atoms with Crippen LogP contribution in [0.2, 0.25) is 0 Å². The first kappa shape index (κ1) is 12.5. The summed E-state index contributed by atoms with van der Waals surface area (Å²) in [5.74, 6) is 0.685. The monoisotopic (exact) mass is 302 g/mol. The quantitative estimate of drug-likeness (QED) is 0.826. The van der Waals surface area contributed by atoms with Crippen LogP contribution in [0.25, 0.3) is 0 Å². The number of hydrogen-bond donors (Lipinski definition) is 0. The van der Waals surface area contributed by atoms with Gasteiger partial charge in [0.1, 0.15) is 0 Å². The van der Waals surface area contributed by atoms with Gasteiger partial charge in [-0.15, -0.1) is 11.3 Å². The van der Waals surface area contributed by atoms with Crippen LogP contribution in [0.3, 0.4) is 0 Å². The van der Waals surface area contributed by atoms with Crippen molar-refractivity contribution in [2.24, 2.45) is 0 Å². The standard InChI is InChI=1S/C12H19BrN2S/c1-8(2)15-6-4-10(5-7-15)12-14-9(3)11(13)16-12/h8,10H,4-7H2,1-3H3. The molecular formula is C12H19BrN2S. The molecule has 0 atom stereocenters. The van der Waals surface area contributed by atoms with E-state index in [1.807, 2.05) is 11.3 Å². The van der Waals surface area contributed by atoms with Gasteiger partial charge in [-0.05, 0) is 62.6 Å². The average molecular weight is 303 g/mol. The van der Waals surface area contributed by atoms with E-state index in [1.54, 1.807) is 0 Å². The lowest BCUT2D eigenvalue weighted by molar-refractivity contribution is 0.172. The van der Waals surface area contributed by atoms with Crippen LogP contribution in [0.4, 0.5) is 0 Å². The summed E-state index contributed by atoms with van der Waals surface area (Å²) in [6, 6.07) is 0.686. The minimum absolute atomic E-state index is 0.685. The van der Waals surface area contributed by atoms with Crippen molar-refractivity contribution in [3.05, 3.63) is 14.5 Å². The molecular weight excluding hydrogens is 284 g/mol. The molecule has 16 heavy (non-hydrogen) atoms. The van der Waals surface area contributed by atoms with Gasteiger partial charge in [-0.25, -0.2) is 4.98 Å². The second-order valence-corrected chi connectivity index (χ2v) is 7.16. The third-order valence-corrected chi connectivity index (χ3v) is 5.53. The normalized spacial score (nSPS) is 19.6. The third kappa shape index (κ3) is 2.66. The zero-order valence-corrected chi connectivity index (χ0v) is 12.6. The summed E-state index contributed by atoms with van der Waals surface area (Å²) < 4.78 is 1.20. The van der Waals surface area contributed by atoms with Gasteiger partial charge < -0.3 is 4.90 Å². The Kier molecular flexibility index (Phi) is 4.03. The summed E-state index contributed by atoms with van der Waals surface area (Å²) >= 11 is 5.38. The zero-order valence-electron chi connectivity index (χ0n) is 10.2. The predicted molar refractivity (Wildman–Crippen MR) is 73.2 cm³/mol. The van der Waals surface area contributed by atoms with E-state index in [0.717, 1.165) is 5.69 Å². The van der Waals surface area contributed by atoms with Crippen molar-refractivity contribution in [2.45, 2.75) is 45.6 Å². The summed E-state index contributed by atoms with van der Waals surface area (Å²) in [5.41, 5.74) is 1.14. The van der Waals surface area contributed by atoms with Gasteiger partial charge >= 0.3 is 0 Å². The van der Waals surface area contributed by atoms with E-state index in [0.29, 0.717) is 12.0 Å². The maximum Gasteiger partial charge on any atom is 0.0971 e. The van der Waals surface area contributed by atoms with E-state index >= 15 is 0 Å². The lowest BCUT2D eigenvalue weighted by Gasteiger charge is -2.33. The molecule has 0 aliphatic carbocycles. The van der Waals surface area contributed by atoms with Crippen LogP contribution in [0.1, 0.15) is 43.3 Å². The number of halogens is 1. The molecule has 0 amide bonds. The molecule has 1 aliphatic heterocycles. The van der Waals surface area contributed by atoms with Gasteiger partial charge in [-0.2, -0.15) is 0 Å². The lowest BCUT2D eigenvalue weighted by atomic mass is 9.97. The highest BCUT2D eigenvalue weighted by Gasteiger charge is 2.24. The second-order valence-electron chi connectivity index (χ2n) is 4.82. The van der Waals surface area contributed by atoms with Crippen LogP contribution in [-0.2, 0) is 0 Å². The molecule has 0 bridgehead atoms. The minimum Gasteiger partial charge on any atom is -0.301 e. The SMILES string of the molecule is Cc1nc(C2CCN(C(C)C)CC2)sc1Br. The van der Waals surface area contributed by atoms with Crippen molar-refractivity contribution >= 4 is 27.3 Å². The van der Waals surface area contributed by atoms with Gasteiger partial charge in [0.2, 0.25) is 0 Å². The average Bonchev–Trinajstić information content (AvgIpc) is 2.59. The van der Waals surface area contributed by atoms with E-state index < -0.39 is 0 Å². The Morgan fingerprint density at radius 1 is 1.38 bits per heavy atom. The molecule has 1 saturated heterocycles. The Morgan fingerprint density at radius 2 is 2.00 bits per heavy atom. The fourth-order valence-electron chi connectivity index (χ4n) is 2.24. The Morgan fingerprint density at radius 3 is 2.44 bits per heavy atom. The van der Waals surface area contributed by atoms with Gasteiger partial charge in [0.15, 0.2) is 0 Å². The molecule has 0 aromatic carbocycles. The van der Waals surface area contributed by atoms with Crippen LogP contribution in [0.5, 0.6) is 0 Å². The predicted octanol–water partition coefficient (Wildman–Crippen LogP) is 3.80. The highest BCUT2D eigenvalue weighted by Crippen LogP contribution is 2.34. The molecule has 1 fully saturated rings. The Labute approximate surface area is 110 Å². The first-order chi connectivity index (χ1) is 7.58. The molecule has 2 heterocycles.